The predicted octanol–water partition coefficient (Wildman–Crippen LogP) is 2.01. The summed E-state index contributed by atoms with van der Waals surface area (Å²) in [5.74, 6) is 0. The minimum atomic E-state index is 0.495. The summed E-state index contributed by atoms with van der Waals surface area (Å²) in [4.78, 5) is 11.8. The zero-order chi connectivity index (χ0) is 12.4. The van der Waals surface area contributed by atoms with Gasteiger partial charge in [0, 0.05) is 24.5 Å². The third-order valence-electron chi connectivity index (χ3n) is 3.06. The highest BCUT2D eigenvalue weighted by Gasteiger charge is 2.10. The number of benzene rings is 1. The number of H-pyrrole nitrogens is 1. The van der Waals surface area contributed by atoms with Crippen molar-refractivity contribution < 1.29 is 0 Å². The highest BCUT2D eigenvalue weighted by Crippen LogP contribution is 2.21. The van der Waals surface area contributed by atoms with Crippen molar-refractivity contribution in [1.82, 2.24) is 15.0 Å². The lowest BCUT2D eigenvalue weighted by molar-refractivity contribution is 1.04. The summed E-state index contributed by atoms with van der Waals surface area (Å²) in [7, 11) is 0. The average molecular weight is 238 g/mol. The first kappa shape index (κ1) is 10.9. The third kappa shape index (κ3) is 1.87. The van der Waals surface area contributed by atoms with E-state index in [1.807, 2.05) is 24.4 Å². The number of nitrogens with one attached hydrogen (secondary N) is 1. The van der Waals surface area contributed by atoms with Gasteiger partial charge in [0.2, 0.25) is 0 Å². The van der Waals surface area contributed by atoms with Crippen LogP contribution in [0.5, 0.6) is 0 Å². The number of aromatic amines is 1. The lowest BCUT2D eigenvalue weighted by atomic mass is 10.1. The van der Waals surface area contributed by atoms with E-state index in [1.165, 1.54) is 5.56 Å². The van der Waals surface area contributed by atoms with Crippen LogP contribution in [0.2, 0.25) is 0 Å². The number of hydrogen-bond acceptors (Lipinski definition) is 3. The second-order valence-corrected chi connectivity index (χ2v) is 4.22. The zero-order valence-electron chi connectivity index (χ0n) is 9.93. The molecule has 2 aromatic heterocycles. The van der Waals surface area contributed by atoms with Crippen LogP contribution in [0.3, 0.4) is 0 Å². The number of rotatable bonds is 3. The van der Waals surface area contributed by atoms with Gasteiger partial charge in [0.05, 0.1) is 5.69 Å². The van der Waals surface area contributed by atoms with Crippen LogP contribution in [0.25, 0.3) is 11.0 Å². The van der Waals surface area contributed by atoms with E-state index in [0.29, 0.717) is 6.54 Å². The van der Waals surface area contributed by atoms with Gasteiger partial charge in [0.25, 0.3) is 0 Å². The normalized spacial score (nSPS) is 10.9. The molecule has 0 radical (unpaired) electrons. The summed E-state index contributed by atoms with van der Waals surface area (Å²) in [5.41, 5.74) is 9.93. The van der Waals surface area contributed by atoms with E-state index >= 15 is 0 Å². The Morgan fingerprint density at radius 1 is 1.11 bits per heavy atom. The van der Waals surface area contributed by atoms with Gasteiger partial charge < -0.3 is 10.7 Å². The molecule has 0 aliphatic heterocycles. The molecule has 0 saturated heterocycles. The molecule has 90 valence electrons. The van der Waals surface area contributed by atoms with Crippen LogP contribution < -0.4 is 5.73 Å². The Morgan fingerprint density at radius 3 is 2.72 bits per heavy atom. The zero-order valence-corrected chi connectivity index (χ0v) is 9.93. The number of hydrogen-bond donors (Lipinski definition) is 2. The Hall–Kier alpha value is -2.20. The predicted molar refractivity (Wildman–Crippen MR) is 71.0 cm³/mol. The van der Waals surface area contributed by atoms with Gasteiger partial charge >= 0.3 is 0 Å². The molecular weight excluding hydrogens is 224 g/mol. The molecule has 4 heteroatoms. The second-order valence-electron chi connectivity index (χ2n) is 4.22. The number of fused-ring (bicyclic) bond motifs is 1. The van der Waals surface area contributed by atoms with Crippen LogP contribution in [0, 0.1) is 0 Å². The minimum absolute atomic E-state index is 0.495. The number of aromatic nitrogens is 3. The summed E-state index contributed by atoms with van der Waals surface area (Å²) in [6, 6.07) is 10.3. The van der Waals surface area contributed by atoms with E-state index in [2.05, 4.69) is 27.1 Å². The van der Waals surface area contributed by atoms with Gasteiger partial charge in [0.1, 0.15) is 12.0 Å². The van der Waals surface area contributed by atoms with Crippen LogP contribution in [0.1, 0.15) is 16.8 Å². The van der Waals surface area contributed by atoms with Crippen LogP contribution in [0.15, 0.2) is 42.9 Å². The first-order valence-electron chi connectivity index (χ1n) is 5.92. The average Bonchev–Trinajstić information content (AvgIpc) is 2.84. The van der Waals surface area contributed by atoms with Crippen molar-refractivity contribution in [3.63, 3.8) is 0 Å². The molecule has 3 N–H and O–H groups in total. The molecule has 0 saturated carbocycles. The molecule has 3 aromatic rings. The quantitative estimate of drug-likeness (QED) is 0.733. The lowest BCUT2D eigenvalue weighted by Crippen LogP contribution is -1.99. The van der Waals surface area contributed by atoms with Gasteiger partial charge in [-0.15, -0.1) is 0 Å². The fourth-order valence-electron chi connectivity index (χ4n) is 2.18. The lowest BCUT2D eigenvalue weighted by Gasteiger charge is -2.04. The minimum Gasteiger partial charge on any atom is -0.346 e. The summed E-state index contributed by atoms with van der Waals surface area (Å²) in [6.07, 6.45) is 4.30. The van der Waals surface area contributed by atoms with Crippen molar-refractivity contribution in [3.8, 4) is 0 Å². The van der Waals surface area contributed by atoms with E-state index in [0.717, 1.165) is 28.7 Å². The van der Waals surface area contributed by atoms with Crippen molar-refractivity contribution >= 4 is 11.0 Å². The molecule has 0 atom stereocenters. The Balaban J connectivity index is 2.09. The molecule has 0 spiro atoms. The summed E-state index contributed by atoms with van der Waals surface area (Å²) in [6.45, 7) is 0.495. The Bertz CT molecular complexity index is 658. The maximum atomic E-state index is 5.75. The van der Waals surface area contributed by atoms with Gasteiger partial charge in [-0.05, 0) is 11.1 Å². The third-order valence-corrected chi connectivity index (χ3v) is 3.06. The number of nitrogens with two attached hydrogens (primary N) is 1. The van der Waals surface area contributed by atoms with Gasteiger partial charge in [-0.3, -0.25) is 0 Å². The van der Waals surface area contributed by atoms with Gasteiger partial charge in [-0.25, -0.2) is 9.97 Å². The first-order valence-corrected chi connectivity index (χ1v) is 5.92. The van der Waals surface area contributed by atoms with Crippen LogP contribution >= 0.6 is 0 Å². The monoisotopic (exact) mass is 238 g/mol. The highest BCUT2D eigenvalue weighted by atomic mass is 14.9. The molecule has 0 bridgehead atoms. The molecule has 0 unspecified atom stereocenters. The SMILES string of the molecule is NCc1c[nH]c2ncnc(Cc3ccccc3)c12. The molecule has 2 heterocycles. The van der Waals surface area contributed by atoms with Crippen LogP contribution in [-0.4, -0.2) is 15.0 Å². The van der Waals surface area contributed by atoms with E-state index < -0.39 is 0 Å². The molecule has 1 aromatic carbocycles. The van der Waals surface area contributed by atoms with Crippen molar-refractivity contribution in [2.75, 3.05) is 0 Å². The fraction of sp³-hybridized carbons (Fsp3) is 0.143. The van der Waals surface area contributed by atoms with Crippen molar-refractivity contribution in [1.29, 1.82) is 0 Å². The smallest absolute Gasteiger partial charge is 0.141 e. The molecule has 4 nitrogen and oxygen atoms in total. The Kier molecular flexibility index (Phi) is 2.78. The second kappa shape index (κ2) is 4.58. The number of nitrogens with zero attached hydrogens (tertiary/aromatic N) is 2. The highest BCUT2D eigenvalue weighted by molar-refractivity contribution is 5.82. The molecule has 0 aliphatic rings. The first-order chi connectivity index (χ1) is 8.88. The topological polar surface area (TPSA) is 67.6 Å². The molecule has 0 aliphatic carbocycles. The summed E-state index contributed by atoms with van der Waals surface area (Å²) >= 11 is 0. The Labute approximate surface area is 105 Å². The molecule has 18 heavy (non-hydrogen) atoms. The van der Waals surface area contributed by atoms with Crippen molar-refractivity contribution in [3.05, 3.63) is 59.7 Å². The van der Waals surface area contributed by atoms with Gasteiger partial charge in [0.15, 0.2) is 0 Å². The van der Waals surface area contributed by atoms with Crippen LogP contribution in [-0.2, 0) is 13.0 Å². The standard InChI is InChI=1S/C14H14N4/c15-7-11-8-16-14-13(11)12(17-9-18-14)6-10-4-2-1-3-5-10/h1-5,8-9H,6-7,15H2,(H,16,17,18). The summed E-state index contributed by atoms with van der Waals surface area (Å²) in [5, 5.41) is 1.06. The maximum absolute atomic E-state index is 5.75. The van der Waals surface area contributed by atoms with E-state index in [1.54, 1.807) is 6.33 Å². The molecule has 0 amide bonds. The molecule has 0 fully saturated rings. The molecular formula is C14H14N4. The van der Waals surface area contributed by atoms with Gasteiger partial charge in [-0.1, -0.05) is 30.3 Å². The van der Waals surface area contributed by atoms with Crippen molar-refractivity contribution in [2.45, 2.75) is 13.0 Å². The molecule has 3 rings (SSSR count). The van der Waals surface area contributed by atoms with E-state index in [9.17, 15) is 0 Å². The largest absolute Gasteiger partial charge is 0.346 e. The van der Waals surface area contributed by atoms with Crippen molar-refractivity contribution in [2.24, 2.45) is 5.73 Å². The van der Waals surface area contributed by atoms with Crippen LogP contribution in [0.4, 0.5) is 0 Å². The van der Waals surface area contributed by atoms with Gasteiger partial charge in [-0.2, -0.15) is 0 Å². The fourth-order valence-corrected chi connectivity index (χ4v) is 2.18. The summed E-state index contributed by atoms with van der Waals surface area (Å²) < 4.78 is 0. The maximum Gasteiger partial charge on any atom is 0.141 e. The van der Waals surface area contributed by atoms with E-state index in [4.69, 9.17) is 5.73 Å². The van der Waals surface area contributed by atoms with E-state index in [-0.39, 0.29) is 0 Å². The Morgan fingerprint density at radius 2 is 1.94 bits per heavy atom.